The molecule has 0 aromatic carbocycles. The number of hydrogen-bond acceptors (Lipinski definition) is 5. The lowest BCUT2D eigenvalue weighted by molar-refractivity contribution is 0.400. The van der Waals surface area contributed by atoms with E-state index in [4.69, 9.17) is 0 Å². The number of sulfonamides is 1. The molecule has 112 valence electrons. The molecule has 20 heavy (non-hydrogen) atoms. The van der Waals surface area contributed by atoms with Crippen molar-refractivity contribution in [1.29, 1.82) is 0 Å². The van der Waals surface area contributed by atoms with Gasteiger partial charge in [-0.3, -0.25) is 0 Å². The van der Waals surface area contributed by atoms with Crippen LogP contribution in [-0.2, 0) is 10.0 Å². The first-order chi connectivity index (χ1) is 9.35. The Hall–Kier alpha value is -1.21. The Balaban J connectivity index is 2.09. The van der Waals surface area contributed by atoms with Gasteiger partial charge in [0.1, 0.15) is 4.90 Å². The van der Waals surface area contributed by atoms with E-state index in [9.17, 15) is 8.42 Å². The maximum absolute atomic E-state index is 12.3. The van der Waals surface area contributed by atoms with Gasteiger partial charge in [0.2, 0.25) is 16.0 Å². The third-order valence-electron chi connectivity index (χ3n) is 3.47. The van der Waals surface area contributed by atoms with Crippen molar-refractivity contribution < 1.29 is 8.42 Å². The lowest BCUT2D eigenvalue weighted by Gasteiger charge is -2.25. The van der Waals surface area contributed by atoms with Gasteiger partial charge in [0.25, 0.3) is 0 Å². The zero-order valence-corrected chi connectivity index (χ0v) is 13.0. The molecule has 0 spiro atoms. The van der Waals surface area contributed by atoms with Crippen molar-refractivity contribution in [3.8, 4) is 0 Å². The summed E-state index contributed by atoms with van der Waals surface area (Å²) in [6.45, 7) is 6.63. The lowest BCUT2D eigenvalue weighted by Crippen LogP contribution is -2.45. The molecule has 6 nitrogen and oxygen atoms in total. The van der Waals surface area contributed by atoms with Gasteiger partial charge in [0.05, 0.1) is 12.4 Å². The molecule has 1 fully saturated rings. The van der Waals surface area contributed by atoms with Gasteiger partial charge in [-0.1, -0.05) is 6.92 Å². The number of anilines is 1. The molecule has 0 aliphatic heterocycles. The van der Waals surface area contributed by atoms with E-state index in [1.807, 2.05) is 20.8 Å². The van der Waals surface area contributed by atoms with Crippen LogP contribution in [0.25, 0.3) is 0 Å². The van der Waals surface area contributed by atoms with E-state index in [0.29, 0.717) is 11.9 Å². The van der Waals surface area contributed by atoms with Crippen molar-refractivity contribution in [2.75, 3.05) is 11.9 Å². The number of hydrogen-bond donors (Lipinski definition) is 2. The second-order valence-electron chi connectivity index (χ2n) is 5.77. The van der Waals surface area contributed by atoms with Crippen LogP contribution in [0, 0.1) is 5.92 Å². The fraction of sp³-hybridized carbons (Fsp3) is 0.692. The number of nitrogens with zero attached hydrogens (tertiary/aromatic N) is 2. The van der Waals surface area contributed by atoms with Crippen LogP contribution in [0.15, 0.2) is 17.3 Å². The van der Waals surface area contributed by atoms with E-state index in [2.05, 4.69) is 20.0 Å². The Morgan fingerprint density at radius 1 is 1.30 bits per heavy atom. The standard InChI is InChI=1S/C13H22N4O2S/c1-4-7-14-12-15-8-11(9-16-12)20(18,19)17-13(2,3)10-5-6-10/h8-10,17H,4-7H2,1-3H3,(H,14,15,16). The topological polar surface area (TPSA) is 84.0 Å². The van der Waals surface area contributed by atoms with E-state index in [0.717, 1.165) is 25.8 Å². The van der Waals surface area contributed by atoms with E-state index in [1.54, 1.807) is 0 Å². The summed E-state index contributed by atoms with van der Waals surface area (Å²) in [6, 6.07) is 0. The molecule has 0 bridgehead atoms. The molecule has 2 rings (SSSR count). The zero-order chi connectivity index (χ0) is 14.8. The predicted molar refractivity (Wildman–Crippen MR) is 77.9 cm³/mol. The fourth-order valence-electron chi connectivity index (χ4n) is 2.08. The minimum Gasteiger partial charge on any atom is -0.354 e. The van der Waals surface area contributed by atoms with Crippen molar-refractivity contribution in [2.45, 2.75) is 50.5 Å². The van der Waals surface area contributed by atoms with Gasteiger partial charge in [-0.15, -0.1) is 0 Å². The van der Waals surface area contributed by atoms with E-state index in [-0.39, 0.29) is 4.90 Å². The zero-order valence-electron chi connectivity index (χ0n) is 12.2. The SMILES string of the molecule is CCCNc1ncc(S(=O)(=O)NC(C)(C)C2CC2)cn1. The van der Waals surface area contributed by atoms with Crippen LogP contribution in [-0.4, -0.2) is 30.5 Å². The first kappa shape index (κ1) is 15.2. The highest BCUT2D eigenvalue weighted by molar-refractivity contribution is 7.89. The molecule has 1 aliphatic rings. The van der Waals surface area contributed by atoms with Crippen LogP contribution in [0.1, 0.15) is 40.0 Å². The smallest absolute Gasteiger partial charge is 0.244 e. The number of nitrogens with one attached hydrogen (secondary N) is 2. The third-order valence-corrected chi connectivity index (χ3v) is 5.09. The van der Waals surface area contributed by atoms with E-state index < -0.39 is 15.6 Å². The molecule has 1 aliphatic carbocycles. The van der Waals surface area contributed by atoms with Crippen LogP contribution in [0.5, 0.6) is 0 Å². The van der Waals surface area contributed by atoms with Gasteiger partial charge in [0, 0.05) is 12.1 Å². The quantitative estimate of drug-likeness (QED) is 0.801. The Labute approximate surface area is 120 Å². The Morgan fingerprint density at radius 2 is 1.90 bits per heavy atom. The van der Waals surface area contributed by atoms with Crippen LogP contribution < -0.4 is 10.0 Å². The average Bonchev–Trinajstić information content (AvgIpc) is 3.20. The molecule has 0 unspecified atom stereocenters. The molecule has 7 heteroatoms. The summed E-state index contributed by atoms with van der Waals surface area (Å²) < 4.78 is 27.3. The van der Waals surface area contributed by atoms with Crippen LogP contribution in [0.4, 0.5) is 5.95 Å². The van der Waals surface area contributed by atoms with Crippen molar-refractivity contribution in [1.82, 2.24) is 14.7 Å². The van der Waals surface area contributed by atoms with Crippen LogP contribution in [0.2, 0.25) is 0 Å². The Kier molecular flexibility index (Phi) is 4.29. The minimum atomic E-state index is -3.56. The molecule has 0 atom stereocenters. The summed E-state index contributed by atoms with van der Waals surface area (Å²) >= 11 is 0. The highest BCUT2D eigenvalue weighted by atomic mass is 32.2. The second-order valence-corrected chi connectivity index (χ2v) is 7.45. The summed E-state index contributed by atoms with van der Waals surface area (Å²) in [5.41, 5.74) is -0.419. The molecule has 0 amide bonds. The second kappa shape index (κ2) is 5.65. The lowest BCUT2D eigenvalue weighted by atomic mass is 10.0. The van der Waals surface area contributed by atoms with Crippen molar-refractivity contribution in [3.63, 3.8) is 0 Å². The monoisotopic (exact) mass is 298 g/mol. The first-order valence-corrected chi connectivity index (χ1v) is 8.43. The Bertz CT molecular complexity index is 550. The van der Waals surface area contributed by atoms with Crippen molar-refractivity contribution in [2.24, 2.45) is 5.92 Å². The molecule has 1 aromatic heterocycles. The number of aromatic nitrogens is 2. The van der Waals surface area contributed by atoms with Gasteiger partial charge in [-0.25, -0.2) is 23.1 Å². The molecular weight excluding hydrogens is 276 g/mol. The summed E-state index contributed by atoms with van der Waals surface area (Å²) in [5.74, 6) is 0.871. The fourth-order valence-corrected chi connectivity index (χ4v) is 3.44. The van der Waals surface area contributed by atoms with Crippen LogP contribution >= 0.6 is 0 Å². The molecule has 1 heterocycles. The highest BCUT2D eigenvalue weighted by Crippen LogP contribution is 2.39. The summed E-state index contributed by atoms with van der Waals surface area (Å²) in [4.78, 5) is 8.17. The van der Waals surface area contributed by atoms with Gasteiger partial charge in [0.15, 0.2) is 0 Å². The molecule has 0 radical (unpaired) electrons. The summed E-state index contributed by atoms with van der Waals surface area (Å²) in [5, 5.41) is 3.01. The normalized spacial score (nSPS) is 16.1. The van der Waals surface area contributed by atoms with Gasteiger partial charge >= 0.3 is 0 Å². The average molecular weight is 298 g/mol. The summed E-state index contributed by atoms with van der Waals surface area (Å²) in [6.07, 6.45) is 5.80. The largest absolute Gasteiger partial charge is 0.354 e. The molecule has 2 N–H and O–H groups in total. The molecule has 1 saturated carbocycles. The Morgan fingerprint density at radius 3 is 2.40 bits per heavy atom. The van der Waals surface area contributed by atoms with Crippen molar-refractivity contribution in [3.05, 3.63) is 12.4 Å². The van der Waals surface area contributed by atoms with E-state index >= 15 is 0 Å². The first-order valence-electron chi connectivity index (χ1n) is 6.95. The number of rotatable bonds is 7. The van der Waals surface area contributed by atoms with Crippen molar-refractivity contribution >= 4 is 16.0 Å². The van der Waals surface area contributed by atoms with Gasteiger partial charge in [-0.2, -0.15) is 0 Å². The van der Waals surface area contributed by atoms with Gasteiger partial charge in [-0.05, 0) is 39.0 Å². The predicted octanol–water partition coefficient (Wildman–Crippen LogP) is 1.77. The van der Waals surface area contributed by atoms with Crippen LogP contribution in [0.3, 0.4) is 0 Å². The molecular formula is C13H22N4O2S. The highest BCUT2D eigenvalue weighted by Gasteiger charge is 2.40. The summed E-state index contributed by atoms with van der Waals surface area (Å²) in [7, 11) is -3.56. The van der Waals surface area contributed by atoms with Gasteiger partial charge < -0.3 is 5.32 Å². The third kappa shape index (κ3) is 3.67. The maximum atomic E-state index is 12.3. The molecule has 0 saturated heterocycles. The molecule has 1 aromatic rings. The van der Waals surface area contributed by atoms with E-state index in [1.165, 1.54) is 12.4 Å². The minimum absolute atomic E-state index is 0.105. The maximum Gasteiger partial charge on any atom is 0.244 e.